The molecule has 2 aromatic rings. The average Bonchev–Trinajstić information content (AvgIpc) is 3.13. The van der Waals surface area contributed by atoms with Crippen molar-refractivity contribution in [1.29, 1.82) is 0 Å². The van der Waals surface area contributed by atoms with Gasteiger partial charge in [0.25, 0.3) is 0 Å². The van der Waals surface area contributed by atoms with Crippen LogP contribution >= 0.6 is 11.6 Å². The van der Waals surface area contributed by atoms with Gasteiger partial charge in [-0.2, -0.15) is 0 Å². The van der Waals surface area contributed by atoms with Crippen molar-refractivity contribution in [1.82, 2.24) is 5.32 Å². The van der Waals surface area contributed by atoms with E-state index in [0.717, 1.165) is 22.3 Å². The summed E-state index contributed by atoms with van der Waals surface area (Å²) in [5.41, 5.74) is 3.57. The first-order valence-electron chi connectivity index (χ1n) is 8.42. The Morgan fingerprint density at radius 3 is 2.62 bits per heavy atom. The van der Waals surface area contributed by atoms with E-state index in [2.05, 4.69) is 11.9 Å². The lowest BCUT2D eigenvalue weighted by Gasteiger charge is -2.27. The Labute approximate surface area is 158 Å². The molecule has 1 N–H and O–H groups in total. The molecule has 0 bridgehead atoms. The lowest BCUT2D eigenvalue weighted by atomic mass is 9.89. The van der Waals surface area contributed by atoms with E-state index < -0.39 is 5.60 Å². The van der Waals surface area contributed by atoms with Gasteiger partial charge in [0, 0.05) is 25.1 Å². The molecule has 1 aliphatic heterocycles. The molecule has 5 heteroatoms. The normalized spacial score (nSPS) is 22.2. The van der Waals surface area contributed by atoms with Crippen LogP contribution in [0.25, 0.3) is 17.2 Å². The first kappa shape index (κ1) is 18.6. The largest absolute Gasteiger partial charge is 0.468 e. The Hall–Kier alpha value is -2.14. The van der Waals surface area contributed by atoms with Crippen LogP contribution in [0.4, 0.5) is 0 Å². The van der Waals surface area contributed by atoms with Crippen molar-refractivity contribution in [3.8, 4) is 11.1 Å². The van der Waals surface area contributed by atoms with Crippen LogP contribution < -0.4 is 5.32 Å². The van der Waals surface area contributed by atoms with E-state index >= 15 is 0 Å². The number of methoxy groups -OCH3 is 2. The molecule has 1 heterocycles. The second kappa shape index (κ2) is 7.62. The molecule has 4 nitrogen and oxygen atoms in total. The van der Waals surface area contributed by atoms with Gasteiger partial charge in [0.1, 0.15) is 11.6 Å². The molecule has 26 heavy (non-hydrogen) atoms. The van der Waals surface area contributed by atoms with Gasteiger partial charge in [0.15, 0.2) is 0 Å². The fraction of sp³-hybridized carbons (Fsp3) is 0.286. The van der Waals surface area contributed by atoms with E-state index in [0.29, 0.717) is 18.0 Å². The Morgan fingerprint density at radius 2 is 2.00 bits per heavy atom. The molecule has 1 fully saturated rings. The maximum absolute atomic E-state index is 11.8. The smallest absolute Gasteiger partial charge is 0.322 e. The highest BCUT2D eigenvalue weighted by Crippen LogP contribution is 2.36. The van der Waals surface area contributed by atoms with Gasteiger partial charge in [-0.1, -0.05) is 54.6 Å². The number of halogens is 1. The first-order chi connectivity index (χ1) is 12.5. The molecule has 2 atom stereocenters. The van der Waals surface area contributed by atoms with Crippen LogP contribution in [0.1, 0.15) is 17.5 Å². The standard InChI is InChI=1S/C21H22ClNO3/c1-4-14-7-10-17(22)11-18(14)15-5-8-16(9-6-15)21(26-3)12-19(23-13-21)20(24)25-2/h4-11,19,23H,1,12-13H2,2-3H3. The zero-order chi connectivity index (χ0) is 18.7. The number of carbonyl (C=O) groups excluding carboxylic acids is 1. The summed E-state index contributed by atoms with van der Waals surface area (Å²) in [6, 6.07) is 13.5. The fourth-order valence-electron chi connectivity index (χ4n) is 3.47. The number of carbonyl (C=O) groups is 1. The van der Waals surface area contributed by atoms with Crippen molar-refractivity contribution < 1.29 is 14.3 Å². The van der Waals surface area contributed by atoms with E-state index in [1.165, 1.54) is 7.11 Å². The number of benzene rings is 2. The number of nitrogens with one attached hydrogen (secondary N) is 1. The molecule has 0 radical (unpaired) electrons. The number of hydrogen-bond donors (Lipinski definition) is 1. The van der Waals surface area contributed by atoms with Crippen LogP contribution in [0, 0.1) is 0 Å². The molecule has 0 amide bonds. The molecule has 1 saturated heterocycles. The van der Waals surface area contributed by atoms with Crippen molar-refractivity contribution in [2.45, 2.75) is 18.1 Å². The Balaban J connectivity index is 1.91. The van der Waals surface area contributed by atoms with E-state index in [9.17, 15) is 4.79 Å². The predicted octanol–water partition coefficient (Wildman–Crippen LogP) is 4.03. The van der Waals surface area contributed by atoms with E-state index in [4.69, 9.17) is 21.1 Å². The quantitative estimate of drug-likeness (QED) is 0.806. The molecule has 2 unspecified atom stereocenters. The summed E-state index contributed by atoms with van der Waals surface area (Å²) in [4.78, 5) is 11.8. The van der Waals surface area contributed by atoms with Crippen molar-refractivity contribution in [3.05, 3.63) is 65.2 Å². The van der Waals surface area contributed by atoms with Gasteiger partial charge < -0.3 is 14.8 Å². The predicted molar refractivity (Wildman–Crippen MR) is 104 cm³/mol. The van der Waals surface area contributed by atoms with E-state index in [1.54, 1.807) is 7.11 Å². The lowest BCUT2D eigenvalue weighted by molar-refractivity contribution is -0.143. The van der Waals surface area contributed by atoms with Gasteiger partial charge in [-0.15, -0.1) is 0 Å². The minimum Gasteiger partial charge on any atom is -0.468 e. The highest BCUT2D eigenvalue weighted by Gasteiger charge is 2.43. The number of ether oxygens (including phenoxy) is 2. The molecule has 0 aliphatic carbocycles. The third kappa shape index (κ3) is 3.40. The number of hydrogen-bond acceptors (Lipinski definition) is 4. The van der Waals surface area contributed by atoms with Gasteiger partial charge in [-0.3, -0.25) is 4.79 Å². The van der Waals surface area contributed by atoms with E-state index in [1.807, 2.05) is 48.5 Å². The Kier molecular flexibility index (Phi) is 5.47. The molecule has 1 aliphatic rings. The summed E-state index contributed by atoms with van der Waals surface area (Å²) in [6.07, 6.45) is 2.35. The first-order valence-corrected chi connectivity index (χ1v) is 8.80. The highest BCUT2D eigenvalue weighted by atomic mass is 35.5. The van der Waals surface area contributed by atoms with Gasteiger partial charge >= 0.3 is 5.97 Å². The van der Waals surface area contributed by atoms with Gasteiger partial charge in [-0.25, -0.2) is 0 Å². The molecule has 0 spiro atoms. The second-order valence-corrected chi connectivity index (χ2v) is 6.81. The van der Waals surface area contributed by atoms with Crippen LogP contribution in [0.15, 0.2) is 49.0 Å². The summed E-state index contributed by atoms with van der Waals surface area (Å²) in [7, 11) is 3.07. The maximum atomic E-state index is 11.8. The zero-order valence-electron chi connectivity index (χ0n) is 14.9. The molecule has 136 valence electrons. The summed E-state index contributed by atoms with van der Waals surface area (Å²) in [6.45, 7) is 4.42. The Morgan fingerprint density at radius 1 is 1.27 bits per heavy atom. The number of rotatable bonds is 5. The van der Waals surface area contributed by atoms with Gasteiger partial charge in [-0.05, 0) is 34.4 Å². The molecular formula is C21H22ClNO3. The second-order valence-electron chi connectivity index (χ2n) is 6.37. The van der Waals surface area contributed by atoms with Gasteiger partial charge in [0.2, 0.25) is 0 Å². The van der Waals surface area contributed by atoms with Crippen LogP contribution in [-0.4, -0.2) is 32.8 Å². The molecule has 0 aromatic heterocycles. The minimum atomic E-state index is -0.549. The zero-order valence-corrected chi connectivity index (χ0v) is 15.7. The molecule has 2 aromatic carbocycles. The maximum Gasteiger partial charge on any atom is 0.322 e. The summed E-state index contributed by atoms with van der Waals surface area (Å²) >= 11 is 6.16. The molecule has 0 saturated carbocycles. The SMILES string of the molecule is C=Cc1ccc(Cl)cc1-c1ccc(C2(OC)CNC(C(=O)OC)C2)cc1. The van der Waals surface area contributed by atoms with Crippen molar-refractivity contribution >= 4 is 23.6 Å². The molecule has 3 rings (SSSR count). The lowest BCUT2D eigenvalue weighted by Crippen LogP contribution is -2.31. The average molecular weight is 372 g/mol. The minimum absolute atomic E-state index is 0.268. The monoisotopic (exact) mass is 371 g/mol. The topological polar surface area (TPSA) is 47.6 Å². The van der Waals surface area contributed by atoms with Gasteiger partial charge in [0.05, 0.1) is 7.11 Å². The van der Waals surface area contributed by atoms with Crippen molar-refractivity contribution in [2.75, 3.05) is 20.8 Å². The van der Waals surface area contributed by atoms with Crippen LogP contribution in [-0.2, 0) is 19.9 Å². The summed E-state index contributed by atoms with van der Waals surface area (Å²) in [5.74, 6) is -0.268. The van der Waals surface area contributed by atoms with E-state index in [-0.39, 0.29) is 12.0 Å². The van der Waals surface area contributed by atoms with Crippen molar-refractivity contribution in [3.63, 3.8) is 0 Å². The number of esters is 1. The summed E-state index contributed by atoms with van der Waals surface area (Å²) in [5, 5.41) is 3.87. The third-order valence-corrected chi connectivity index (χ3v) is 5.24. The van der Waals surface area contributed by atoms with Crippen LogP contribution in [0.3, 0.4) is 0 Å². The van der Waals surface area contributed by atoms with Crippen LogP contribution in [0.5, 0.6) is 0 Å². The van der Waals surface area contributed by atoms with Crippen molar-refractivity contribution in [2.24, 2.45) is 0 Å². The Bertz CT molecular complexity index is 819. The summed E-state index contributed by atoms with van der Waals surface area (Å²) < 4.78 is 10.7. The van der Waals surface area contributed by atoms with Crippen LogP contribution in [0.2, 0.25) is 5.02 Å². The fourth-order valence-corrected chi connectivity index (χ4v) is 3.65. The molecular weight excluding hydrogens is 350 g/mol. The third-order valence-electron chi connectivity index (χ3n) is 5.00. The highest BCUT2D eigenvalue weighted by molar-refractivity contribution is 6.31.